The van der Waals surface area contributed by atoms with E-state index in [4.69, 9.17) is 16.3 Å². The normalized spacial score (nSPS) is 18.1. The number of nitrogens with zero attached hydrogens (tertiary/aromatic N) is 3. The molecule has 2 unspecified atom stereocenters. The summed E-state index contributed by atoms with van der Waals surface area (Å²) in [5, 5.41) is 8.09. The van der Waals surface area contributed by atoms with E-state index in [2.05, 4.69) is 24.3 Å². The third-order valence-electron chi connectivity index (χ3n) is 6.02. The number of hydrogen-bond donors (Lipinski definition) is 1. The molecular formula is C25H27ClN4O4. The van der Waals surface area contributed by atoms with Gasteiger partial charge in [0.2, 0.25) is 5.91 Å². The lowest BCUT2D eigenvalue weighted by Gasteiger charge is -2.35. The Balaban J connectivity index is 1.65. The first-order chi connectivity index (χ1) is 16.3. The SMILES string of the molecule is COc1ccc(-n2nc(C(=O)NCC(=O)N3CC(C)CC(C)C3)c3ccccc3c2=O)cc1Cl. The van der Waals surface area contributed by atoms with Crippen LogP contribution in [0, 0.1) is 11.8 Å². The van der Waals surface area contributed by atoms with Gasteiger partial charge in [0.05, 0.1) is 29.8 Å². The van der Waals surface area contributed by atoms with E-state index >= 15 is 0 Å². The molecule has 1 aromatic heterocycles. The highest BCUT2D eigenvalue weighted by Gasteiger charge is 2.26. The summed E-state index contributed by atoms with van der Waals surface area (Å²) in [5.41, 5.74) is 0.0547. The van der Waals surface area contributed by atoms with Gasteiger partial charge in [-0.05, 0) is 42.5 Å². The standard InChI is InChI=1S/C25H27ClN4O4/c1-15-10-16(2)14-29(13-15)22(31)12-27-24(32)23-18-6-4-5-7-19(18)25(33)30(28-23)17-8-9-21(34-3)20(26)11-17/h4-9,11,15-16H,10,12-14H2,1-3H3,(H,27,32). The molecule has 8 nitrogen and oxygen atoms in total. The van der Waals surface area contributed by atoms with Crippen molar-refractivity contribution < 1.29 is 14.3 Å². The number of piperidine rings is 1. The second kappa shape index (κ2) is 9.85. The second-order valence-corrected chi connectivity index (χ2v) is 9.26. The van der Waals surface area contributed by atoms with Crippen LogP contribution >= 0.6 is 11.6 Å². The van der Waals surface area contributed by atoms with Gasteiger partial charge in [0, 0.05) is 18.5 Å². The number of likely N-dealkylation sites (tertiary alicyclic amines) is 1. The van der Waals surface area contributed by atoms with Gasteiger partial charge in [0.15, 0.2) is 5.69 Å². The summed E-state index contributed by atoms with van der Waals surface area (Å²) < 4.78 is 6.31. The lowest BCUT2D eigenvalue weighted by atomic mass is 9.92. The Morgan fingerprint density at radius 3 is 2.44 bits per heavy atom. The van der Waals surface area contributed by atoms with Gasteiger partial charge in [-0.1, -0.05) is 43.6 Å². The van der Waals surface area contributed by atoms with Gasteiger partial charge < -0.3 is 15.0 Å². The molecule has 0 bridgehead atoms. The molecule has 2 heterocycles. The molecule has 4 rings (SSSR count). The molecule has 1 aliphatic rings. The average Bonchev–Trinajstić information content (AvgIpc) is 2.82. The van der Waals surface area contributed by atoms with E-state index in [0.29, 0.717) is 52.2 Å². The summed E-state index contributed by atoms with van der Waals surface area (Å²) in [6.07, 6.45) is 1.09. The Morgan fingerprint density at radius 1 is 1.12 bits per heavy atom. The van der Waals surface area contributed by atoms with E-state index in [1.165, 1.54) is 7.11 Å². The zero-order valence-corrected chi connectivity index (χ0v) is 20.1. The molecule has 0 radical (unpaired) electrons. The van der Waals surface area contributed by atoms with Crippen LogP contribution in [0.3, 0.4) is 0 Å². The fraction of sp³-hybridized carbons (Fsp3) is 0.360. The molecule has 178 valence electrons. The summed E-state index contributed by atoms with van der Waals surface area (Å²) >= 11 is 6.24. The van der Waals surface area contributed by atoms with E-state index in [9.17, 15) is 14.4 Å². The summed E-state index contributed by atoms with van der Waals surface area (Å²) in [6, 6.07) is 11.6. The molecular weight excluding hydrogens is 456 g/mol. The number of halogens is 1. The second-order valence-electron chi connectivity index (χ2n) is 8.86. The van der Waals surface area contributed by atoms with E-state index in [1.807, 2.05) is 0 Å². The fourth-order valence-corrected chi connectivity index (χ4v) is 4.79. The van der Waals surface area contributed by atoms with Crippen LogP contribution in [-0.4, -0.2) is 53.2 Å². The maximum Gasteiger partial charge on any atom is 0.279 e. The van der Waals surface area contributed by atoms with Gasteiger partial charge in [0.1, 0.15) is 5.75 Å². The first kappa shape index (κ1) is 23.8. The van der Waals surface area contributed by atoms with Gasteiger partial charge in [-0.3, -0.25) is 14.4 Å². The number of hydrogen-bond acceptors (Lipinski definition) is 5. The molecule has 2 atom stereocenters. The molecule has 0 spiro atoms. The van der Waals surface area contributed by atoms with E-state index in [1.54, 1.807) is 47.4 Å². The van der Waals surface area contributed by atoms with Crippen LogP contribution in [0.15, 0.2) is 47.3 Å². The number of benzene rings is 2. The number of ether oxygens (including phenoxy) is 1. The van der Waals surface area contributed by atoms with Crippen molar-refractivity contribution in [1.82, 2.24) is 20.0 Å². The Bertz CT molecular complexity index is 1300. The maximum atomic E-state index is 13.1. The van der Waals surface area contributed by atoms with Gasteiger partial charge >= 0.3 is 0 Å². The van der Waals surface area contributed by atoms with Gasteiger partial charge in [-0.15, -0.1) is 0 Å². The minimum absolute atomic E-state index is 0.0512. The van der Waals surface area contributed by atoms with Crippen LogP contribution in [0.5, 0.6) is 5.75 Å². The molecule has 3 aromatic rings. The molecule has 0 saturated carbocycles. The molecule has 34 heavy (non-hydrogen) atoms. The van der Waals surface area contributed by atoms with Crippen LogP contribution in [0.25, 0.3) is 16.5 Å². The minimum atomic E-state index is -0.531. The molecule has 2 aromatic carbocycles. The van der Waals surface area contributed by atoms with Crippen molar-refractivity contribution in [3.05, 3.63) is 63.5 Å². The number of rotatable bonds is 5. The number of carbonyl (C=O) groups excluding carboxylic acids is 2. The van der Waals surface area contributed by atoms with Crippen LogP contribution < -0.4 is 15.6 Å². The van der Waals surface area contributed by atoms with Gasteiger partial charge in [-0.2, -0.15) is 9.78 Å². The minimum Gasteiger partial charge on any atom is -0.495 e. The van der Waals surface area contributed by atoms with Gasteiger partial charge in [0.25, 0.3) is 11.5 Å². The number of methoxy groups -OCH3 is 1. The zero-order chi connectivity index (χ0) is 24.4. The topological polar surface area (TPSA) is 93.5 Å². The highest BCUT2D eigenvalue weighted by atomic mass is 35.5. The largest absolute Gasteiger partial charge is 0.495 e. The van der Waals surface area contributed by atoms with Crippen molar-refractivity contribution >= 4 is 34.2 Å². The number of amides is 2. The average molecular weight is 483 g/mol. The maximum absolute atomic E-state index is 13.1. The van der Waals surface area contributed by atoms with Crippen molar-refractivity contribution in [2.45, 2.75) is 20.3 Å². The molecule has 1 N–H and O–H groups in total. The van der Waals surface area contributed by atoms with Crippen LogP contribution in [0.1, 0.15) is 30.8 Å². The fourth-order valence-electron chi connectivity index (χ4n) is 4.54. The number of carbonyl (C=O) groups is 2. The lowest BCUT2D eigenvalue weighted by Crippen LogP contribution is -2.47. The van der Waals surface area contributed by atoms with E-state index < -0.39 is 5.91 Å². The summed E-state index contributed by atoms with van der Waals surface area (Å²) in [5.74, 6) is 0.641. The van der Waals surface area contributed by atoms with Crippen LogP contribution in [-0.2, 0) is 4.79 Å². The molecule has 2 amide bonds. The highest BCUT2D eigenvalue weighted by molar-refractivity contribution is 6.32. The van der Waals surface area contributed by atoms with Crippen LogP contribution in [0.4, 0.5) is 0 Å². The molecule has 1 fully saturated rings. The van der Waals surface area contributed by atoms with Gasteiger partial charge in [-0.25, -0.2) is 0 Å². The highest BCUT2D eigenvalue weighted by Crippen LogP contribution is 2.26. The number of nitrogens with one attached hydrogen (secondary N) is 1. The van der Waals surface area contributed by atoms with E-state index in [-0.39, 0.29) is 23.7 Å². The lowest BCUT2D eigenvalue weighted by molar-refractivity contribution is -0.132. The predicted octanol–water partition coefficient (Wildman–Crippen LogP) is 3.28. The smallest absolute Gasteiger partial charge is 0.279 e. The number of fused-ring (bicyclic) bond motifs is 1. The van der Waals surface area contributed by atoms with Crippen molar-refractivity contribution in [3.63, 3.8) is 0 Å². The predicted molar refractivity (Wildman–Crippen MR) is 131 cm³/mol. The van der Waals surface area contributed by atoms with Crippen LogP contribution in [0.2, 0.25) is 5.02 Å². The number of aromatic nitrogens is 2. The summed E-state index contributed by atoms with van der Waals surface area (Å²) in [4.78, 5) is 40.8. The monoisotopic (exact) mass is 482 g/mol. The van der Waals surface area contributed by atoms with Crippen molar-refractivity contribution in [2.24, 2.45) is 11.8 Å². The quantitative estimate of drug-likeness (QED) is 0.602. The van der Waals surface area contributed by atoms with Crippen molar-refractivity contribution in [3.8, 4) is 11.4 Å². The summed E-state index contributed by atoms with van der Waals surface area (Å²) in [7, 11) is 1.50. The summed E-state index contributed by atoms with van der Waals surface area (Å²) in [6.45, 7) is 5.48. The van der Waals surface area contributed by atoms with Crippen molar-refractivity contribution in [1.29, 1.82) is 0 Å². The Hall–Kier alpha value is -3.39. The Labute approximate surface area is 202 Å². The molecule has 9 heteroatoms. The first-order valence-electron chi connectivity index (χ1n) is 11.2. The first-order valence-corrected chi connectivity index (χ1v) is 11.6. The Morgan fingerprint density at radius 2 is 1.79 bits per heavy atom. The zero-order valence-electron chi connectivity index (χ0n) is 19.4. The van der Waals surface area contributed by atoms with E-state index in [0.717, 1.165) is 11.1 Å². The third-order valence-corrected chi connectivity index (χ3v) is 6.32. The Kier molecular flexibility index (Phi) is 6.88. The third kappa shape index (κ3) is 4.77. The molecule has 1 aliphatic heterocycles. The molecule has 0 aliphatic carbocycles. The van der Waals surface area contributed by atoms with Crippen molar-refractivity contribution in [2.75, 3.05) is 26.7 Å². The molecule has 1 saturated heterocycles.